The number of oxazole rings is 1. The number of benzene rings is 4. The highest BCUT2D eigenvalue weighted by molar-refractivity contribution is 6.05. The second-order valence-electron chi connectivity index (χ2n) is 7.00. The summed E-state index contributed by atoms with van der Waals surface area (Å²) in [7, 11) is 0. The molecule has 29 heavy (non-hydrogen) atoms. The second-order valence-corrected chi connectivity index (χ2v) is 7.00. The Labute approximate surface area is 166 Å². The summed E-state index contributed by atoms with van der Waals surface area (Å²) in [5, 5.41) is 5.69. The van der Waals surface area contributed by atoms with E-state index in [9.17, 15) is 0 Å². The van der Waals surface area contributed by atoms with E-state index < -0.39 is 0 Å². The van der Waals surface area contributed by atoms with Gasteiger partial charge in [-0.3, -0.25) is 0 Å². The van der Waals surface area contributed by atoms with Gasteiger partial charge in [-0.2, -0.15) is 0 Å². The van der Waals surface area contributed by atoms with E-state index in [-0.39, 0.29) is 0 Å². The summed E-state index contributed by atoms with van der Waals surface area (Å²) < 4.78 is 11.8. The predicted molar refractivity (Wildman–Crippen MR) is 116 cm³/mol. The molecule has 0 radical (unpaired) electrons. The Balaban J connectivity index is 1.29. The molecule has 0 aliphatic carbocycles. The van der Waals surface area contributed by atoms with Gasteiger partial charge < -0.3 is 14.2 Å². The van der Waals surface area contributed by atoms with E-state index in [1.54, 1.807) is 0 Å². The Morgan fingerprint density at radius 2 is 1.31 bits per heavy atom. The third kappa shape index (κ3) is 2.74. The molecule has 0 atom stereocenters. The molecule has 2 heterocycles. The highest BCUT2D eigenvalue weighted by Crippen LogP contribution is 2.32. The summed E-state index contributed by atoms with van der Waals surface area (Å²) in [4.78, 5) is 4.55. The topological polar surface area (TPSA) is 51.2 Å². The van der Waals surface area contributed by atoms with E-state index in [0.29, 0.717) is 5.89 Å². The molecule has 0 saturated carbocycles. The van der Waals surface area contributed by atoms with Crippen LogP contribution >= 0.6 is 0 Å². The summed E-state index contributed by atoms with van der Waals surface area (Å²) in [6.45, 7) is 0. The first-order chi connectivity index (χ1) is 14.3. The summed E-state index contributed by atoms with van der Waals surface area (Å²) in [5.41, 5.74) is 6.35. The predicted octanol–water partition coefficient (Wildman–Crippen LogP) is 7.14. The molecule has 138 valence electrons. The van der Waals surface area contributed by atoms with Crippen LogP contribution in [0.5, 0.6) is 0 Å². The molecular formula is C25H16N2O2. The molecular weight excluding hydrogens is 360 g/mol. The Hall–Kier alpha value is -4.05. The maximum absolute atomic E-state index is 5.98. The van der Waals surface area contributed by atoms with E-state index >= 15 is 0 Å². The number of rotatable bonds is 3. The lowest BCUT2D eigenvalue weighted by molar-refractivity contribution is 0.620. The Bertz CT molecular complexity index is 1440. The monoisotopic (exact) mass is 376 g/mol. The van der Waals surface area contributed by atoms with E-state index in [1.165, 1.54) is 0 Å². The largest absolute Gasteiger partial charge is 0.456 e. The fraction of sp³-hybridized carbons (Fsp3) is 0. The molecule has 4 aromatic carbocycles. The molecule has 0 unspecified atom stereocenters. The molecule has 0 aliphatic rings. The SMILES string of the molecule is c1ccc2oc(-c3ccc(Nc4ccc5c(c4)oc4ccccc45)cc3)nc2c1. The Kier molecular flexibility index (Phi) is 3.43. The van der Waals surface area contributed by atoms with Crippen LogP contribution in [0.15, 0.2) is 99.8 Å². The van der Waals surface area contributed by atoms with Crippen molar-refractivity contribution >= 4 is 44.4 Å². The standard InChI is InChI=1S/C25H16N2O2/c1-3-7-22-19(5-1)20-14-13-18(15-24(20)28-22)26-17-11-9-16(10-12-17)25-27-21-6-2-4-8-23(21)29-25/h1-15,26H. The van der Waals surface area contributed by atoms with Gasteiger partial charge >= 0.3 is 0 Å². The number of fused-ring (bicyclic) bond motifs is 4. The molecule has 0 amide bonds. The first kappa shape index (κ1) is 16.0. The van der Waals surface area contributed by atoms with E-state index in [4.69, 9.17) is 8.83 Å². The van der Waals surface area contributed by atoms with Gasteiger partial charge in [0.25, 0.3) is 0 Å². The van der Waals surface area contributed by atoms with Crippen LogP contribution in [0.25, 0.3) is 44.5 Å². The number of hydrogen-bond acceptors (Lipinski definition) is 4. The van der Waals surface area contributed by atoms with Gasteiger partial charge in [0, 0.05) is 33.8 Å². The average molecular weight is 376 g/mol. The van der Waals surface area contributed by atoms with Crippen LogP contribution in [-0.4, -0.2) is 4.98 Å². The lowest BCUT2D eigenvalue weighted by Crippen LogP contribution is -1.89. The van der Waals surface area contributed by atoms with Gasteiger partial charge in [0.05, 0.1) is 0 Å². The number of para-hydroxylation sites is 3. The zero-order valence-electron chi connectivity index (χ0n) is 15.4. The van der Waals surface area contributed by atoms with Crippen LogP contribution < -0.4 is 5.32 Å². The van der Waals surface area contributed by atoms with Gasteiger partial charge in [0.2, 0.25) is 5.89 Å². The van der Waals surface area contributed by atoms with Crippen molar-refractivity contribution in [3.63, 3.8) is 0 Å². The number of anilines is 2. The fourth-order valence-corrected chi connectivity index (χ4v) is 3.66. The lowest BCUT2D eigenvalue weighted by Gasteiger charge is -2.06. The molecule has 0 aliphatic heterocycles. The van der Waals surface area contributed by atoms with Crippen LogP contribution in [0.2, 0.25) is 0 Å². The van der Waals surface area contributed by atoms with Gasteiger partial charge in [-0.15, -0.1) is 0 Å². The summed E-state index contributed by atoms with van der Waals surface area (Å²) in [6, 6.07) is 30.1. The van der Waals surface area contributed by atoms with Gasteiger partial charge in [-0.05, 0) is 54.6 Å². The van der Waals surface area contributed by atoms with Crippen molar-refractivity contribution in [2.24, 2.45) is 0 Å². The quantitative estimate of drug-likeness (QED) is 0.357. The molecule has 0 saturated heterocycles. The van der Waals surface area contributed by atoms with E-state index in [1.807, 2.05) is 72.8 Å². The minimum Gasteiger partial charge on any atom is -0.456 e. The zero-order chi connectivity index (χ0) is 19.2. The number of furan rings is 1. The van der Waals surface area contributed by atoms with Crippen LogP contribution in [0, 0.1) is 0 Å². The van der Waals surface area contributed by atoms with Crippen molar-refractivity contribution < 1.29 is 8.83 Å². The molecule has 0 bridgehead atoms. The normalized spacial score (nSPS) is 11.4. The molecule has 2 aromatic heterocycles. The summed E-state index contributed by atoms with van der Waals surface area (Å²) in [6.07, 6.45) is 0. The first-order valence-electron chi connectivity index (χ1n) is 9.48. The third-order valence-corrected chi connectivity index (χ3v) is 5.09. The van der Waals surface area contributed by atoms with Gasteiger partial charge in [0.15, 0.2) is 5.58 Å². The smallest absolute Gasteiger partial charge is 0.227 e. The minimum absolute atomic E-state index is 0.626. The van der Waals surface area contributed by atoms with Gasteiger partial charge in [-0.1, -0.05) is 30.3 Å². The molecule has 0 fully saturated rings. The summed E-state index contributed by atoms with van der Waals surface area (Å²) in [5.74, 6) is 0.626. The van der Waals surface area contributed by atoms with Crippen LogP contribution in [-0.2, 0) is 0 Å². The first-order valence-corrected chi connectivity index (χ1v) is 9.48. The van der Waals surface area contributed by atoms with Gasteiger partial charge in [0.1, 0.15) is 16.7 Å². The number of aromatic nitrogens is 1. The molecule has 1 N–H and O–H groups in total. The molecule has 4 nitrogen and oxygen atoms in total. The van der Waals surface area contributed by atoms with Crippen molar-refractivity contribution in [2.45, 2.75) is 0 Å². The molecule has 0 spiro atoms. The average Bonchev–Trinajstić information content (AvgIpc) is 3.35. The van der Waals surface area contributed by atoms with Crippen molar-refractivity contribution in [3.8, 4) is 11.5 Å². The van der Waals surface area contributed by atoms with Crippen LogP contribution in [0.4, 0.5) is 11.4 Å². The fourth-order valence-electron chi connectivity index (χ4n) is 3.66. The second kappa shape index (κ2) is 6.24. The van der Waals surface area contributed by atoms with E-state index in [0.717, 1.165) is 50.0 Å². The Morgan fingerprint density at radius 3 is 2.17 bits per heavy atom. The lowest BCUT2D eigenvalue weighted by atomic mass is 10.1. The number of nitrogens with one attached hydrogen (secondary N) is 1. The van der Waals surface area contributed by atoms with Crippen molar-refractivity contribution in [2.75, 3.05) is 5.32 Å². The third-order valence-electron chi connectivity index (χ3n) is 5.09. The maximum Gasteiger partial charge on any atom is 0.227 e. The highest BCUT2D eigenvalue weighted by atomic mass is 16.3. The van der Waals surface area contributed by atoms with Crippen molar-refractivity contribution in [3.05, 3.63) is 91.0 Å². The van der Waals surface area contributed by atoms with Crippen molar-refractivity contribution in [1.29, 1.82) is 0 Å². The molecule has 6 rings (SSSR count). The minimum atomic E-state index is 0.626. The van der Waals surface area contributed by atoms with Gasteiger partial charge in [-0.25, -0.2) is 4.98 Å². The maximum atomic E-state index is 5.98. The Morgan fingerprint density at radius 1 is 0.586 bits per heavy atom. The zero-order valence-corrected chi connectivity index (χ0v) is 15.4. The van der Waals surface area contributed by atoms with E-state index in [2.05, 4.69) is 28.5 Å². The number of hydrogen-bond donors (Lipinski definition) is 1. The molecule has 6 aromatic rings. The number of nitrogens with zero attached hydrogens (tertiary/aromatic N) is 1. The van der Waals surface area contributed by atoms with Crippen LogP contribution in [0.3, 0.4) is 0 Å². The molecule has 4 heteroatoms. The van der Waals surface area contributed by atoms with Crippen molar-refractivity contribution in [1.82, 2.24) is 4.98 Å². The highest BCUT2D eigenvalue weighted by Gasteiger charge is 2.09. The van der Waals surface area contributed by atoms with Crippen LogP contribution in [0.1, 0.15) is 0 Å². The summed E-state index contributed by atoms with van der Waals surface area (Å²) >= 11 is 0.